The summed E-state index contributed by atoms with van der Waals surface area (Å²) in [6.45, 7) is 0.805. The smallest absolute Gasteiger partial charge is 0.214 e. The van der Waals surface area contributed by atoms with E-state index in [1.54, 1.807) is 22.7 Å². The summed E-state index contributed by atoms with van der Waals surface area (Å²) < 4.78 is 1.84. The van der Waals surface area contributed by atoms with Gasteiger partial charge >= 0.3 is 0 Å². The molecular formula is C15H12N4S2. The van der Waals surface area contributed by atoms with E-state index in [2.05, 4.69) is 45.0 Å². The van der Waals surface area contributed by atoms with Gasteiger partial charge in [-0.05, 0) is 11.4 Å². The maximum absolute atomic E-state index is 4.63. The molecule has 1 aromatic carbocycles. The summed E-state index contributed by atoms with van der Waals surface area (Å²) in [5, 5.41) is 10.8. The van der Waals surface area contributed by atoms with Gasteiger partial charge in [-0.3, -0.25) is 0 Å². The van der Waals surface area contributed by atoms with Crippen molar-refractivity contribution in [2.45, 2.75) is 6.54 Å². The van der Waals surface area contributed by atoms with Crippen LogP contribution in [0.15, 0.2) is 54.0 Å². The van der Waals surface area contributed by atoms with Gasteiger partial charge in [0, 0.05) is 10.4 Å². The maximum atomic E-state index is 4.63. The van der Waals surface area contributed by atoms with E-state index < -0.39 is 0 Å². The molecule has 0 bridgehead atoms. The van der Waals surface area contributed by atoms with Crippen LogP contribution in [0.25, 0.3) is 16.2 Å². The number of fused-ring (bicyclic) bond motifs is 1. The predicted molar refractivity (Wildman–Crippen MR) is 87.9 cm³/mol. The van der Waals surface area contributed by atoms with Crippen LogP contribution < -0.4 is 5.32 Å². The SMILES string of the molecule is c1ccc(-c2cn3nc(NCc4cccs4)sc3n2)cc1. The molecule has 6 heteroatoms. The molecule has 4 aromatic rings. The molecule has 0 atom stereocenters. The summed E-state index contributed by atoms with van der Waals surface area (Å²) in [5.41, 5.74) is 2.07. The first-order chi connectivity index (χ1) is 10.4. The number of rotatable bonds is 4. The molecule has 0 fully saturated rings. The van der Waals surface area contributed by atoms with Crippen LogP contribution in [0.3, 0.4) is 0 Å². The van der Waals surface area contributed by atoms with Gasteiger partial charge in [0.25, 0.3) is 0 Å². The van der Waals surface area contributed by atoms with Crippen molar-refractivity contribution in [3.05, 3.63) is 58.9 Å². The fourth-order valence-electron chi connectivity index (χ4n) is 2.10. The lowest BCUT2D eigenvalue weighted by atomic mass is 10.2. The van der Waals surface area contributed by atoms with Gasteiger partial charge in [0.2, 0.25) is 10.1 Å². The number of anilines is 1. The Hall–Kier alpha value is -2.18. The number of nitrogens with zero attached hydrogens (tertiary/aromatic N) is 3. The quantitative estimate of drug-likeness (QED) is 0.616. The minimum Gasteiger partial charge on any atom is -0.355 e. The zero-order valence-corrected chi connectivity index (χ0v) is 12.7. The van der Waals surface area contributed by atoms with Gasteiger partial charge in [-0.2, -0.15) is 0 Å². The number of benzene rings is 1. The predicted octanol–water partition coefficient (Wildman–Crippen LogP) is 4.13. The van der Waals surface area contributed by atoms with Gasteiger partial charge in [0.1, 0.15) is 0 Å². The number of hydrogen-bond donors (Lipinski definition) is 1. The van der Waals surface area contributed by atoms with Crippen LogP contribution in [0.2, 0.25) is 0 Å². The van der Waals surface area contributed by atoms with Crippen molar-refractivity contribution in [1.29, 1.82) is 0 Å². The van der Waals surface area contributed by atoms with Gasteiger partial charge < -0.3 is 5.32 Å². The third-order valence-corrected chi connectivity index (χ3v) is 4.86. The molecule has 21 heavy (non-hydrogen) atoms. The van der Waals surface area contributed by atoms with Gasteiger partial charge in [0.15, 0.2) is 0 Å². The Morgan fingerprint density at radius 3 is 2.76 bits per heavy atom. The monoisotopic (exact) mass is 312 g/mol. The summed E-state index contributed by atoms with van der Waals surface area (Å²) in [6, 6.07) is 14.3. The van der Waals surface area contributed by atoms with Crippen molar-refractivity contribution in [2.24, 2.45) is 0 Å². The van der Waals surface area contributed by atoms with Gasteiger partial charge in [-0.15, -0.1) is 16.4 Å². The average molecular weight is 312 g/mol. The molecule has 1 N–H and O–H groups in total. The molecule has 104 valence electrons. The van der Waals surface area contributed by atoms with Gasteiger partial charge in [-0.1, -0.05) is 47.7 Å². The van der Waals surface area contributed by atoms with Crippen LogP contribution in [0.1, 0.15) is 4.88 Å². The molecule has 0 radical (unpaired) electrons. The van der Waals surface area contributed by atoms with Crippen molar-refractivity contribution in [2.75, 3.05) is 5.32 Å². The summed E-state index contributed by atoms with van der Waals surface area (Å²) >= 11 is 3.31. The molecule has 3 heterocycles. The second-order valence-electron chi connectivity index (χ2n) is 4.56. The van der Waals surface area contributed by atoms with E-state index in [1.165, 1.54) is 4.88 Å². The van der Waals surface area contributed by atoms with Crippen LogP contribution in [0.4, 0.5) is 5.13 Å². The Bertz CT molecular complexity index is 815. The topological polar surface area (TPSA) is 42.2 Å². The van der Waals surface area contributed by atoms with E-state index in [4.69, 9.17) is 0 Å². The van der Waals surface area contributed by atoms with Crippen LogP contribution >= 0.6 is 22.7 Å². The number of hydrogen-bond acceptors (Lipinski definition) is 5. The van der Waals surface area contributed by atoms with Crippen molar-refractivity contribution in [3.8, 4) is 11.3 Å². The number of thiophene rings is 1. The second-order valence-corrected chi connectivity index (χ2v) is 6.55. The molecular weight excluding hydrogens is 300 g/mol. The fourth-order valence-corrected chi connectivity index (χ4v) is 3.52. The standard InChI is InChI=1S/C15H12N4S2/c1-2-5-11(6-3-1)13-10-19-15(17-13)21-14(18-19)16-9-12-7-4-8-20-12/h1-8,10H,9H2,(H,16,18). The normalized spacial score (nSPS) is 11.0. The van der Waals surface area contributed by atoms with Crippen molar-refractivity contribution in [3.63, 3.8) is 0 Å². The minimum atomic E-state index is 0.805. The highest BCUT2D eigenvalue weighted by atomic mass is 32.1. The Kier molecular flexibility index (Phi) is 3.17. The zero-order chi connectivity index (χ0) is 14.1. The van der Waals surface area contributed by atoms with Crippen LogP contribution in [-0.4, -0.2) is 14.6 Å². The van der Waals surface area contributed by atoms with E-state index in [0.29, 0.717) is 0 Å². The molecule has 0 amide bonds. The number of aromatic nitrogens is 3. The molecule has 0 saturated heterocycles. The molecule has 4 nitrogen and oxygen atoms in total. The van der Waals surface area contributed by atoms with Crippen LogP contribution in [0, 0.1) is 0 Å². The van der Waals surface area contributed by atoms with Gasteiger partial charge in [0.05, 0.1) is 18.4 Å². The molecule has 0 unspecified atom stereocenters. The fraction of sp³-hybridized carbons (Fsp3) is 0.0667. The van der Waals surface area contributed by atoms with Crippen molar-refractivity contribution >= 4 is 32.8 Å². The van der Waals surface area contributed by atoms with Gasteiger partial charge in [-0.25, -0.2) is 9.50 Å². The van der Waals surface area contributed by atoms with Crippen molar-refractivity contribution < 1.29 is 0 Å². The lowest BCUT2D eigenvalue weighted by Crippen LogP contribution is -1.97. The molecule has 4 rings (SSSR count). The minimum absolute atomic E-state index is 0.805. The second kappa shape index (κ2) is 5.31. The van der Waals surface area contributed by atoms with E-state index >= 15 is 0 Å². The highest BCUT2D eigenvalue weighted by molar-refractivity contribution is 7.20. The molecule has 0 aliphatic heterocycles. The Morgan fingerprint density at radius 2 is 2.00 bits per heavy atom. The summed E-state index contributed by atoms with van der Waals surface area (Å²) in [7, 11) is 0. The number of imidazole rings is 1. The van der Waals surface area contributed by atoms with E-state index in [1.807, 2.05) is 28.9 Å². The lowest BCUT2D eigenvalue weighted by Gasteiger charge is -1.98. The van der Waals surface area contributed by atoms with Crippen LogP contribution in [-0.2, 0) is 6.54 Å². The van der Waals surface area contributed by atoms with Crippen LogP contribution in [0.5, 0.6) is 0 Å². The first-order valence-electron chi connectivity index (χ1n) is 6.56. The Labute approximate surface area is 129 Å². The highest BCUT2D eigenvalue weighted by Gasteiger charge is 2.09. The third kappa shape index (κ3) is 2.55. The molecule has 0 saturated carbocycles. The summed E-state index contributed by atoms with van der Waals surface area (Å²) in [6.07, 6.45) is 1.97. The Balaban J connectivity index is 1.56. The summed E-state index contributed by atoms with van der Waals surface area (Å²) in [4.78, 5) is 6.83. The first kappa shape index (κ1) is 12.6. The van der Waals surface area contributed by atoms with Crippen molar-refractivity contribution in [1.82, 2.24) is 14.6 Å². The molecule has 0 spiro atoms. The lowest BCUT2D eigenvalue weighted by molar-refractivity contribution is 0.964. The third-order valence-electron chi connectivity index (χ3n) is 3.11. The maximum Gasteiger partial charge on any atom is 0.214 e. The average Bonchev–Trinajstić information content (AvgIpc) is 3.22. The van der Waals surface area contributed by atoms with E-state index in [9.17, 15) is 0 Å². The van der Waals surface area contributed by atoms with E-state index in [0.717, 1.165) is 27.9 Å². The largest absolute Gasteiger partial charge is 0.355 e. The zero-order valence-electron chi connectivity index (χ0n) is 11.1. The Morgan fingerprint density at radius 1 is 1.10 bits per heavy atom. The first-order valence-corrected chi connectivity index (χ1v) is 8.26. The van der Waals surface area contributed by atoms with E-state index in [-0.39, 0.29) is 0 Å². The molecule has 3 aromatic heterocycles. The molecule has 0 aliphatic carbocycles. The highest BCUT2D eigenvalue weighted by Crippen LogP contribution is 2.24. The number of nitrogens with one attached hydrogen (secondary N) is 1. The molecule has 0 aliphatic rings. The summed E-state index contributed by atoms with van der Waals surface area (Å²) in [5.74, 6) is 0.